The van der Waals surface area contributed by atoms with Crippen molar-refractivity contribution < 1.29 is 21.6 Å². The highest BCUT2D eigenvalue weighted by Crippen LogP contribution is 2.21. The van der Waals surface area contributed by atoms with Gasteiger partial charge < -0.3 is 5.32 Å². The Bertz CT molecular complexity index is 1090. The molecule has 2 aromatic rings. The van der Waals surface area contributed by atoms with Crippen molar-refractivity contribution in [1.29, 1.82) is 0 Å². The van der Waals surface area contributed by atoms with Gasteiger partial charge in [0.25, 0.3) is 0 Å². The Morgan fingerprint density at radius 1 is 0.966 bits per heavy atom. The van der Waals surface area contributed by atoms with E-state index in [-0.39, 0.29) is 22.1 Å². The number of hydrogen-bond acceptors (Lipinski definition) is 5. The molecule has 0 atom stereocenters. The molecule has 0 bridgehead atoms. The zero-order valence-corrected chi connectivity index (χ0v) is 18.4. The molecule has 2 N–H and O–H groups in total. The summed E-state index contributed by atoms with van der Waals surface area (Å²) in [7, 11) is -2.84. The van der Waals surface area contributed by atoms with E-state index in [9.17, 15) is 21.6 Å². The second kappa shape index (κ2) is 9.04. The van der Waals surface area contributed by atoms with E-state index < -0.39 is 20.0 Å². The lowest BCUT2D eigenvalue weighted by Gasteiger charge is -2.12. The number of carbonyl (C=O) groups is 1. The maximum atomic E-state index is 12.3. The lowest BCUT2D eigenvalue weighted by molar-refractivity contribution is -0.116. The van der Waals surface area contributed by atoms with Gasteiger partial charge in [0.15, 0.2) is 0 Å². The van der Waals surface area contributed by atoms with Crippen LogP contribution >= 0.6 is 0 Å². The fourth-order valence-electron chi connectivity index (χ4n) is 2.53. The third-order valence-corrected chi connectivity index (χ3v) is 7.65. The van der Waals surface area contributed by atoms with Gasteiger partial charge in [0.1, 0.15) is 0 Å². The van der Waals surface area contributed by atoms with Crippen LogP contribution in [-0.2, 0) is 31.3 Å². The van der Waals surface area contributed by atoms with Gasteiger partial charge in [0.05, 0.1) is 9.79 Å². The van der Waals surface area contributed by atoms with Crippen molar-refractivity contribution in [2.75, 3.05) is 26.5 Å². The minimum atomic E-state index is -3.60. The van der Waals surface area contributed by atoms with Crippen molar-refractivity contribution in [1.82, 2.24) is 9.03 Å². The van der Waals surface area contributed by atoms with Gasteiger partial charge in [-0.05, 0) is 55.8 Å². The first-order valence-electron chi connectivity index (χ1n) is 8.83. The van der Waals surface area contributed by atoms with Gasteiger partial charge in [0, 0.05) is 26.2 Å². The molecule has 29 heavy (non-hydrogen) atoms. The Kier molecular flexibility index (Phi) is 7.17. The number of sulfonamides is 2. The second-order valence-corrected chi connectivity index (χ2v) is 10.7. The van der Waals surface area contributed by atoms with E-state index in [0.29, 0.717) is 12.1 Å². The molecular weight excluding hydrogens is 414 g/mol. The summed E-state index contributed by atoms with van der Waals surface area (Å²) in [6.45, 7) is 1.77. The van der Waals surface area contributed by atoms with Gasteiger partial charge in [-0.3, -0.25) is 4.79 Å². The van der Waals surface area contributed by atoms with Crippen molar-refractivity contribution in [3.63, 3.8) is 0 Å². The molecule has 0 radical (unpaired) electrons. The minimum absolute atomic E-state index is 0.0681. The molecule has 0 unspecified atom stereocenters. The van der Waals surface area contributed by atoms with Crippen LogP contribution in [0.1, 0.15) is 17.5 Å². The number of anilines is 1. The molecule has 10 heteroatoms. The Hall–Kier alpha value is -2.27. The van der Waals surface area contributed by atoms with Crippen LogP contribution in [0.4, 0.5) is 5.69 Å². The molecule has 2 rings (SSSR count). The van der Waals surface area contributed by atoms with E-state index in [4.69, 9.17) is 0 Å². The summed E-state index contributed by atoms with van der Waals surface area (Å²) < 4.78 is 51.4. The second-order valence-electron chi connectivity index (χ2n) is 6.66. The minimum Gasteiger partial charge on any atom is -0.326 e. The molecular formula is C19H25N3O5S2. The molecule has 158 valence electrons. The van der Waals surface area contributed by atoms with Crippen LogP contribution in [-0.4, -0.2) is 48.2 Å². The van der Waals surface area contributed by atoms with Crippen LogP contribution in [0.25, 0.3) is 0 Å². The molecule has 1 amide bonds. The predicted molar refractivity (Wildman–Crippen MR) is 112 cm³/mol. The Morgan fingerprint density at radius 3 is 2.10 bits per heavy atom. The molecule has 0 aliphatic heterocycles. The lowest BCUT2D eigenvalue weighted by atomic mass is 10.1. The van der Waals surface area contributed by atoms with Gasteiger partial charge >= 0.3 is 0 Å². The molecule has 0 aliphatic rings. The number of carbonyl (C=O) groups excluding carboxylic acids is 1. The first kappa shape index (κ1) is 23.0. The summed E-state index contributed by atoms with van der Waals surface area (Å²) in [5, 5.41) is 2.73. The van der Waals surface area contributed by atoms with Gasteiger partial charge in [-0.1, -0.05) is 18.2 Å². The zero-order chi connectivity index (χ0) is 21.8. The number of nitrogens with one attached hydrogen (secondary N) is 2. The largest absolute Gasteiger partial charge is 0.326 e. The van der Waals surface area contributed by atoms with Gasteiger partial charge in [-0.25, -0.2) is 25.9 Å². The summed E-state index contributed by atoms with van der Waals surface area (Å²) in [4.78, 5) is 12.6. The van der Waals surface area contributed by atoms with Crippen LogP contribution in [0.3, 0.4) is 0 Å². The zero-order valence-electron chi connectivity index (χ0n) is 16.8. The van der Waals surface area contributed by atoms with E-state index in [0.717, 1.165) is 15.4 Å². The molecule has 0 saturated carbocycles. The van der Waals surface area contributed by atoms with E-state index in [1.165, 1.54) is 45.4 Å². The van der Waals surface area contributed by atoms with Crippen LogP contribution in [0, 0.1) is 6.92 Å². The Labute approximate surface area is 172 Å². The van der Waals surface area contributed by atoms with E-state index in [1.54, 1.807) is 25.1 Å². The van der Waals surface area contributed by atoms with Crippen LogP contribution in [0.2, 0.25) is 0 Å². The third-order valence-electron chi connectivity index (χ3n) is 4.40. The standard InChI is InChI=1S/C19H25N3O5S2/c1-14-5-9-17(28(24,25)20-2)13-18(14)21-19(23)12-8-15-6-10-16(11-7-15)29(26,27)22(3)4/h5-7,9-11,13,20H,8,12H2,1-4H3,(H,21,23). The summed E-state index contributed by atoms with van der Waals surface area (Å²) in [5.74, 6) is -0.267. The molecule has 0 saturated heterocycles. The van der Waals surface area contributed by atoms with Crippen molar-refractivity contribution >= 4 is 31.6 Å². The predicted octanol–water partition coefficient (Wildman–Crippen LogP) is 1.72. The fraction of sp³-hybridized carbons (Fsp3) is 0.316. The molecule has 8 nitrogen and oxygen atoms in total. The summed E-state index contributed by atoms with van der Waals surface area (Å²) in [6, 6.07) is 10.9. The molecule has 0 aliphatic carbocycles. The van der Waals surface area contributed by atoms with Crippen LogP contribution < -0.4 is 10.0 Å². The quantitative estimate of drug-likeness (QED) is 0.650. The van der Waals surface area contributed by atoms with Crippen molar-refractivity contribution in [2.45, 2.75) is 29.6 Å². The maximum absolute atomic E-state index is 12.3. The molecule has 0 spiro atoms. The molecule has 0 aromatic heterocycles. The van der Waals surface area contributed by atoms with Gasteiger partial charge in [-0.15, -0.1) is 0 Å². The highest BCUT2D eigenvalue weighted by Gasteiger charge is 2.17. The van der Waals surface area contributed by atoms with Crippen molar-refractivity contribution in [3.8, 4) is 0 Å². The first-order valence-corrected chi connectivity index (χ1v) is 11.7. The number of aryl methyl sites for hydroxylation is 2. The summed E-state index contributed by atoms with van der Waals surface area (Å²) in [6.07, 6.45) is 0.587. The number of benzene rings is 2. The van der Waals surface area contributed by atoms with Crippen molar-refractivity contribution in [2.24, 2.45) is 0 Å². The summed E-state index contributed by atoms with van der Waals surface area (Å²) >= 11 is 0. The van der Waals surface area contributed by atoms with E-state index in [2.05, 4.69) is 10.0 Å². The van der Waals surface area contributed by atoms with Crippen LogP contribution in [0.15, 0.2) is 52.3 Å². The Morgan fingerprint density at radius 2 is 1.55 bits per heavy atom. The number of rotatable bonds is 8. The number of nitrogens with zero attached hydrogens (tertiary/aromatic N) is 1. The molecule has 0 fully saturated rings. The highest BCUT2D eigenvalue weighted by atomic mass is 32.2. The van der Waals surface area contributed by atoms with Gasteiger partial charge in [0.2, 0.25) is 26.0 Å². The Balaban J connectivity index is 2.05. The lowest BCUT2D eigenvalue weighted by Crippen LogP contribution is -2.22. The monoisotopic (exact) mass is 439 g/mol. The normalized spacial score (nSPS) is 12.2. The average Bonchev–Trinajstić information content (AvgIpc) is 2.68. The topological polar surface area (TPSA) is 113 Å². The number of amides is 1. The highest BCUT2D eigenvalue weighted by molar-refractivity contribution is 7.89. The first-order chi connectivity index (χ1) is 13.5. The average molecular weight is 440 g/mol. The van der Waals surface area contributed by atoms with E-state index in [1.807, 2.05) is 0 Å². The van der Waals surface area contributed by atoms with Gasteiger partial charge in [-0.2, -0.15) is 0 Å². The smallest absolute Gasteiger partial charge is 0.242 e. The van der Waals surface area contributed by atoms with Crippen LogP contribution in [0.5, 0.6) is 0 Å². The van der Waals surface area contributed by atoms with Crippen molar-refractivity contribution in [3.05, 3.63) is 53.6 Å². The third kappa shape index (κ3) is 5.63. The summed E-state index contributed by atoms with van der Waals surface area (Å²) in [5.41, 5.74) is 1.99. The SMILES string of the molecule is CNS(=O)(=O)c1ccc(C)c(NC(=O)CCc2ccc(S(=O)(=O)N(C)C)cc2)c1. The number of hydrogen-bond donors (Lipinski definition) is 2. The molecule has 0 heterocycles. The van der Waals surface area contributed by atoms with E-state index >= 15 is 0 Å². The maximum Gasteiger partial charge on any atom is 0.242 e. The molecule has 2 aromatic carbocycles. The fourth-order valence-corrected chi connectivity index (χ4v) is 4.19.